The number of hydrogen-bond donors (Lipinski definition) is 1. The molecule has 1 N–H and O–H groups in total. The molecule has 0 bridgehead atoms. The molecule has 144 valence electrons. The van der Waals surface area contributed by atoms with Crippen LogP contribution < -0.4 is 14.9 Å². The molecule has 0 aliphatic rings. The van der Waals surface area contributed by atoms with Crippen molar-refractivity contribution in [3.63, 3.8) is 0 Å². The number of furan rings is 1. The fourth-order valence-corrected chi connectivity index (χ4v) is 2.11. The Bertz CT molecular complexity index is 827. The molecule has 0 saturated heterocycles. The largest absolute Gasteiger partial charge is 0.490 e. The zero-order valence-corrected chi connectivity index (χ0v) is 15.8. The van der Waals surface area contributed by atoms with Crippen molar-refractivity contribution in [2.75, 3.05) is 27.3 Å². The third-order valence-corrected chi connectivity index (χ3v) is 3.60. The van der Waals surface area contributed by atoms with Gasteiger partial charge in [0.1, 0.15) is 5.76 Å². The van der Waals surface area contributed by atoms with Crippen LogP contribution in [0.4, 0.5) is 0 Å². The number of nitrogens with one attached hydrogen (secondary N) is 1. The van der Waals surface area contributed by atoms with Crippen molar-refractivity contribution in [3.8, 4) is 11.5 Å². The van der Waals surface area contributed by atoms with Crippen LogP contribution in [0.2, 0.25) is 0 Å². The van der Waals surface area contributed by atoms with Crippen LogP contribution in [0.15, 0.2) is 40.0 Å². The first-order valence-electron chi connectivity index (χ1n) is 8.39. The Morgan fingerprint density at radius 1 is 1.22 bits per heavy atom. The minimum Gasteiger partial charge on any atom is -0.490 e. The summed E-state index contributed by atoms with van der Waals surface area (Å²) in [4.78, 5) is 25.1. The van der Waals surface area contributed by atoms with Crippen LogP contribution in [0.5, 0.6) is 11.5 Å². The van der Waals surface area contributed by atoms with Gasteiger partial charge in [-0.05, 0) is 43.7 Å². The maximum atomic E-state index is 12.0. The fraction of sp³-hybridized carbons (Fsp3) is 0.316. The van der Waals surface area contributed by atoms with Gasteiger partial charge in [-0.25, -0.2) is 5.43 Å². The van der Waals surface area contributed by atoms with Gasteiger partial charge in [0, 0.05) is 14.1 Å². The molecule has 0 fully saturated rings. The quantitative estimate of drug-likeness (QED) is 0.566. The Balaban J connectivity index is 2.04. The molecule has 8 heteroatoms. The molecule has 8 nitrogen and oxygen atoms in total. The average molecular weight is 373 g/mol. The highest BCUT2D eigenvalue weighted by Gasteiger charge is 2.11. The second-order valence-electron chi connectivity index (χ2n) is 5.81. The standard InChI is InChI=1S/C19H23N3O5/c1-5-25-17-10-14(6-7-16(17)27-12-18(23)22(3)4)11-20-21-19(24)15-8-9-26-13(15)2/h6-11H,5,12H2,1-4H3,(H,21,24)/b20-11-. The lowest BCUT2D eigenvalue weighted by Crippen LogP contribution is -2.27. The lowest BCUT2D eigenvalue weighted by Gasteiger charge is -2.14. The zero-order valence-electron chi connectivity index (χ0n) is 15.8. The number of nitrogens with zero attached hydrogens (tertiary/aromatic N) is 2. The smallest absolute Gasteiger partial charge is 0.274 e. The van der Waals surface area contributed by atoms with Crippen molar-refractivity contribution < 1.29 is 23.5 Å². The van der Waals surface area contributed by atoms with E-state index < -0.39 is 0 Å². The molecular formula is C19H23N3O5. The second-order valence-corrected chi connectivity index (χ2v) is 5.81. The second kappa shape index (κ2) is 9.42. The van der Waals surface area contributed by atoms with Gasteiger partial charge >= 0.3 is 0 Å². The summed E-state index contributed by atoms with van der Waals surface area (Å²) in [5, 5.41) is 3.94. The van der Waals surface area contributed by atoms with E-state index in [2.05, 4.69) is 10.5 Å². The van der Waals surface area contributed by atoms with Crippen molar-refractivity contribution in [3.05, 3.63) is 47.4 Å². The number of rotatable bonds is 8. The van der Waals surface area contributed by atoms with Crippen LogP contribution in [-0.4, -0.2) is 50.2 Å². The molecule has 0 aliphatic heterocycles. The van der Waals surface area contributed by atoms with Gasteiger partial charge in [0.25, 0.3) is 11.8 Å². The van der Waals surface area contributed by atoms with Gasteiger partial charge in [-0.2, -0.15) is 5.10 Å². The van der Waals surface area contributed by atoms with E-state index in [1.54, 1.807) is 45.3 Å². The van der Waals surface area contributed by atoms with Gasteiger partial charge in [-0.3, -0.25) is 9.59 Å². The van der Waals surface area contributed by atoms with E-state index in [1.165, 1.54) is 17.4 Å². The summed E-state index contributed by atoms with van der Waals surface area (Å²) in [7, 11) is 3.32. The first-order valence-corrected chi connectivity index (χ1v) is 8.39. The van der Waals surface area contributed by atoms with E-state index in [1.807, 2.05) is 6.92 Å². The van der Waals surface area contributed by atoms with E-state index in [0.717, 1.165) is 0 Å². The van der Waals surface area contributed by atoms with Gasteiger partial charge in [-0.15, -0.1) is 0 Å². The average Bonchev–Trinajstić information content (AvgIpc) is 3.07. The molecule has 0 radical (unpaired) electrons. The van der Waals surface area contributed by atoms with Gasteiger partial charge in [-0.1, -0.05) is 0 Å². The Kier molecular flexibility index (Phi) is 6.99. The summed E-state index contributed by atoms with van der Waals surface area (Å²) in [6, 6.07) is 6.74. The van der Waals surface area contributed by atoms with E-state index in [4.69, 9.17) is 13.9 Å². The lowest BCUT2D eigenvalue weighted by atomic mass is 10.2. The molecule has 2 rings (SSSR count). The van der Waals surface area contributed by atoms with Crippen molar-refractivity contribution in [2.45, 2.75) is 13.8 Å². The third kappa shape index (κ3) is 5.60. The fourth-order valence-electron chi connectivity index (χ4n) is 2.11. The van der Waals surface area contributed by atoms with Crippen molar-refractivity contribution in [1.82, 2.24) is 10.3 Å². The van der Waals surface area contributed by atoms with Crippen molar-refractivity contribution in [2.24, 2.45) is 5.10 Å². The number of likely N-dealkylation sites (N-methyl/N-ethyl adjacent to an activating group) is 1. The summed E-state index contributed by atoms with van der Waals surface area (Å²) in [5.74, 6) is 0.965. The lowest BCUT2D eigenvalue weighted by molar-refractivity contribution is -0.130. The highest BCUT2D eigenvalue weighted by Crippen LogP contribution is 2.28. The number of carbonyl (C=O) groups excluding carboxylic acids is 2. The maximum Gasteiger partial charge on any atom is 0.274 e. The minimum absolute atomic E-state index is 0.0827. The first kappa shape index (κ1) is 20.0. The third-order valence-electron chi connectivity index (χ3n) is 3.60. The topological polar surface area (TPSA) is 93.4 Å². The molecule has 0 atom stereocenters. The predicted octanol–water partition coefficient (Wildman–Crippen LogP) is 2.22. The highest BCUT2D eigenvalue weighted by atomic mass is 16.5. The van der Waals surface area contributed by atoms with Crippen LogP contribution >= 0.6 is 0 Å². The molecule has 2 amide bonds. The first-order chi connectivity index (χ1) is 12.9. The van der Waals surface area contributed by atoms with E-state index in [0.29, 0.717) is 35.0 Å². The van der Waals surface area contributed by atoms with Crippen LogP contribution in [0.1, 0.15) is 28.6 Å². The highest BCUT2D eigenvalue weighted by molar-refractivity contribution is 5.95. The normalized spacial score (nSPS) is 10.7. The summed E-state index contributed by atoms with van der Waals surface area (Å²) in [6.45, 7) is 3.91. The van der Waals surface area contributed by atoms with Crippen LogP contribution in [0.3, 0.4) is 0 Å². The van der Waals surface area contributed by atoms with Crippen molar-refractivity contribution in [1.29, 1.82) is 0 Å². The maximum absolute atomic E-state index is 12.0. The molecule has 1 heterocycles. The number of hydrogen-bond acceptors (Lipinski definition) is 6. The molecule has 1 aromatic carbocycles. The molecule has 27 heavy (non-hydrogen) atoms. The molecule has 0 unspecified atom stereocenters. The van der Waals surface area contributed by atoms with Crippen LogP contribution in [0, 0.1) is 6.92 Å². The summed E-state index contributed by atoms with van der Waals surface area (Å²) >= 11 is 0. The van der Waals surface area contributed by atoms with Gasteiger partial charge in [0.05, 0.1) is 24.6 Å². The molecular weight excluding hydrogens is 350 g/mol. The number of amides is 2. The number of ether oxygens (including phenoxy) is 2. The molecule has 0 aliphatic carbocycles. The Hall–Kier alpha value is -3.29. The monoisotopic (exact) mass is 373 g/mol. The number of hydrazone groups is 1. The predicted molar refractivity (Wildman–Crippen MR) is 100 cm³/mol. The van der Waals surface area contributed by atoms with E-state index >= 15 is 0 Å². The minimum atomic E-state index is -0.357. The number of aryl methyl sites for hydroxylation is 1. The molecule has 0 saturated carbocycles. The van der Waals surface area contributed by atoms with Crippen LogP contribution in [0.25, 0.3) is 0 Å². The summed E-state index contributed by atoms with van der Waals surface area (Å²) in [5.41, 5.74) is 3.57. The Morgan fingerprint density at radius 3 is 2.63 bits per heavy atom. The SMILES string of the molecule is CCOc1cc(/C=N\NC(=O)c2ccoc2C)ccc1OCC(=O)N(C)C. The molecule has 1 aromatic heterocycles. The van der Waals surface area contributed by atoms with E-state index in [-0.39, 0.29) is 18.4 Å². The number of carbonyl (C=O) groups is 2. The zero-order chi connectivity index (χ0) is 19.8. The van der Waals surface area contributed by atoms with Gasteiger partial charge in [0.15, 0.2) is 18.1 Å². The summed E-state index contributed by atoms with van der Waals surface area (Å²) in [6.07, 6.45) is 2.94. The number of benzene rings is 1. The van der Waals surface area contributed by atoms with Gasteiger partial charge in [0.2, 0.25) is 0 Å². The van der Waals surface area contributed by atoms with Crippen LogP contribution in [-0.2, 0) is 4.79 Å². The molecule has 0 spiro atoms. The summed E-state index contributed by atoms with van der Waals surface area (Å²) < 4.78 is 16.2. The van der Waals surface area contributed by atoms with Crippen molar-refractivity contribution >= 4 is 18.0 Å². The Morgan fingerprint density at radius 2 is 2.00 bits per heavy atom. The van der Waals surface area contributed by atoms with E-state index in [9.17, 15) is 9.59 Å². The van der Waals surface area contributed by atoms with Gasteiger partial charge < -0.3 is 18.8 Å². The molecule has 2 aromatic rings. The Labute approximate surface area is 157 Å².